The van der Waals surface area contributed by atoms with Gasteiger partial charge in [0.2, 0.25) is 5.91 Å². The van der Waals surface area contributed by atoms with E-state index in [-0.39, 0.29) is 17.2 Å². The number of hydrogen-bond donors (Lipinski definition) is 0. The highest BCUT2D eigenvalue weighted by Crippen LogP contribution is 2.45. The van der Waals surface area contributed by atoms with E-state index in [9.17, 15) is 4.79 Å². The summed E-state index contributed by atoms with van der Waals surface area (Å²) in [6.07, 6.45) is 9.58. The topological polar surface area (TPSA) is 63.5 Å². The maximum Gasteiger partial charge on any atom is 0.227 e. The molecule has 0 aliphatic carbocycles. The predicted molar refractivity (Wildman–Crippen MR) is 114 cm³/mol. The van der Waals surface area contributed by atoms with Crippen molar-refractivity contribution in [2.45, 2.75) is 46.3 Å². The third kappa shape index (κ3) is 4.42. The molecule has 0 radical (unpaired) electrons. The Morgan fingerprint density at radius 3 is 2.67 bits per heavy atom. The molecular weight excluding hydrogens is 378 g/mol. The lowest BCUT2D eigenvalue weighted by Crippen LogP contribution is -2.46. The van der Waals surface area contributed by atoms with Crippen LogP contribution >= 0.6 is 0 Å². The Morgan fingerprint density at radius 2 is 2.00 bits per heavy atom. The van der Waals surface area contributed by atoms with Crippen LogP contribution in [0.1, 0.15) is 37.8 Å². The van der Waals surface area contributed by atoms with Gasteiger partial charge in [-0.15, -0.1) is 0 Å². The fraction of sp³-hybridized carbons (Fsp3) is 0.609. The molecule has 1 amide bonds. The first-order chi connectivity index (χ1) is 14.6. The summed E-state index contributed by atoms with van der Waals surface area (Å²) in [4.78, 5) is 22.3. The van der Waals surface area contributed by atoms with Gasteiger partial charge in [0.05, 0.1) is 12.1 Å². The maximum atomic E-state index is 13.7. The van der Waals surface area contributed by atoms with Crippen LogP contribution < -0.4 is 0 Å². The largest absolute Gasteiger partial charge is 0.381 e. The lowest BCUT2D eigenvalue weighted by molar-refractivity contribution is -0.141. The zero-order valence-corrected chi connectivity index (χ0v) is 18.2. The molecular formula is C23H33N5O2. The maximum absolute atomic E-state index is 13.7. The van der Waals surface area contributed by atoms with Crippen LogP contribution in [0, 0.1) is 11.3 Å². The molecule has 0 unspecified atom stereocenters. The van der Waals surface area contributed by atoms with Crippen LogP contribution in [0.4, 0.5) is 0 Å². The smallest absolute Gasteiger partial charge is 0.227 e. The summed E-state index contributed by atoms with van der Waals surface area (Å²) in [5.41, 5.74) is 2.36. The van der Waals surface area contributed by atoms with Gasteiger partial charge in [0.1, 0.15) is 0 Å². The average Bonchev–Trinajstić information content (AvgIpc) is 3.37. The highest BCUT2D eigenvalue weighted by Gasteiger charge is 2.51. The fourth-order valence-corrected chi connectivity index (χ4v) is 5.01. The van der Waals surface area contributed by atoms with Gasteiger partial charge < -0.3 is 9.64 Å². The summed E-state index contributed by atoms with van der Waals surface area (Å²) in [6, 6.07) is 3.99. The molecule has 1 atom stereocenters. The highest BCUT2D eigenvalue weighted by molar-refractivity contribution is 5.80. The Kier molecular flexibility index (Phi) is 6.49. The fourth-order valence-electron chi connectivity index (χ4n) is 5.01. The second-order valence-electron chi connectivity index (χ2n) is 8.61. The number of aromatic nitrogens is 3. The molecule has 2 aliphatic heterocycles. The first-order valence-electron chi connectivity index (χ1n) is 11.1. The summed E-state index contributed by atoms with van der Waals surface area (Å²) in [7, 11) is 0. The minimum atomic E-state index is 0.0156. The Bertz CT molecular complexity index is 831. The first-order valence-corrected chi connectivity index (χ1v) is 11.1. The summed E-state index contributed by atoms with van der Waals surface area (Å²) in [6.45, 7) is 10.5. The van der Waals surface area contributed by atoms with Gasteiger partial charge in [-0.25, -0.2) is 0 Å². The van der Waals surface area contributed by atoms with Crippen molar-refractivity contribution in [3.63, 3.8) is 0 Å². The Hall–Kier alpha value is -2.25. The molecule has 2 aliphatic rings. The van der Waals surface area contributed by atoms with Gasteiger partial charge >= 0.3 is 0 Å². The molecule has 2 fully saturated rings. The van der Waals surface area contributed by atoms with Crippen molar-refractivity contribution in [2.24, 2.45) is 11.3 Å². The molecule has 0 bridgehead atoms. The number of rotatable bonds is 7. The van der Waals surface area contributed by atoms with E-state index < -0.39 is 0 Å². The third-order valence-electron chi connectivity index (χ3n) is 6.74. The number of aryl methyl sites for hydroxylation is 1. The van der Waals surface area contributed by atoms with Crippen molar-refractivity contribution in [1.82, 2.24) is 24.6 Å². The molecule has 4 rings (SSSR count). The zero-order chi connectivity index (χ0) is 21.0. The molecule has 2 aromatic heterocycles. The van der Waals surface area contributed by atoms with E-state index in [1.807, 2.05) is 27.9 Å². The van der Waals surface area contributed by atoms with Gasteiger partial charge in [0.25, 0.3) is 0 Å². The average molecular weight is 412 g/mol. The van der Waals surface area contributed by atoms with Gasteiger partial charge in [-0.2, -0.15) is 5.10 Å². The standard InChI is InChI=1S/C23H33N5O2/c1-3-27(15-19-5-9-24-10-6-19)22(29)21-17-26(14-20-13-25-28(4-2)16-20)18-23(21)7-11-30-12-8-23/h5-6,9-10,13,16,21H,3-4,7-8,11-12,14-15,17-18H2,1-2H3/t21-/m1/s1. The SMILES string of the molecule is CCN(Cc1ccncc1)C(=O)[C@H]1CN(Cc2cnn(CC)c2)CC12CCOCC2. The molecule has 7 nitrogen and oxygen atoms in total. The number of pyridine rings is 1. The van der Waals surface area contributed by atoms with Crippen LogP contribution in [-0.2, 0) is 29.2 Å². The zero-order valence-electron chi connectivity index (χ0n) is 18.2. The number of ether oxygens (including phenoxy) is 1. The predicted octanol–water partition coefficient (Wildman–Crippen LogP) is 2.58. The Morgan fingerprint density at radius 1 is 1.23 bits per heavy atom. The quantitative estimate of drug-likeness (QED) is 0.701. The number of carbonyl (C=O) groups excluding carboxylic acids is 1. The van der Waals surface area contributed by atoms with Crippen LogP contribution in [0.3, 0.4) is 0 Å². The van der Waals surface area contributed by atoms with Crippen molar-refractivity contribution in [2.75, 3.05) is 32.8 Å². The van der Waals surface area contributed by atoms with E-state index in [1.165, 1.54) is 5.56 Å². The van der Waals surface area contributed by atoms with Gasteiger partial charge in [-0.05, 0) is 44.4 Å². The van der Waals surface area contributed by atoms with Crippen molar-refractivity contribution in [3.8, 4) is 0 Å². The van der Waals surface area contributed by atoms with Crippen molar-refractivity contribution in [1.29, 1.82) is 0 Å². The Labute approximate surface area is 179 Å². The summed E-state index contributed by atoms with van der Waals surface area (Å²) >= 11 is 0. The molecule has 0 N–H and O–H groups in total. The molecule has 2 saturated heterocycles. The third-order valence-corrected chi connectivity index (χ3v) is 6.74. The Balaban J connectivity index is 1.51. The van der Waals surface area contributed by atoms with E-state index in [0.717, 1.165) is 57.8 Å². The van der Waals surface area contributed by atoms with Crippen LogP contribution in [0.2, 0.25) is 0 Å². The van der Waals surface area contributed by atoms with E-state index in [4.69, 9.17) is 4.74 Å². The lowest BCUT2D eigenvalue weighted by Gasteiger charge is -2.39. The molecule has 0 aromatic carbocycles. The minimum absolute atomic E-state index is 0.0156. The highest BCUT2D eigenvalue weighted by atomic mass is 16.5. The lowest BCUT2D eigenvalue weighted by atomic mass is 9.71. The monoisotopic (exact) mass is 411 g/mol. The van der Waals surface area contributed by atoms with E-state index in [0.29, 0.717) is 13.1 Å². The van der Waals surface area contributed by atoms with Crippen LogP contribution in [0.5, 0.6) is 0 Å². The van der Waals surface area contributed by atoms with Gasteiger partial charge in [0.15, 0.2) is 0 Å². The molecule has 7 heteroatoms. The normalized spacial score (nSPS) is 21.2. The van der Waals surface area contributed by atoms with Crippen molar-refractivity contribution < 1.29 is 9.53 Å². The molecule has 30 heavy (non-hydrogen) atoms. The van der Waals surface area contributed by atoms with Crippen LogP contribution in [0.15, 0.2) is 36.9 Å². The molecule has 162 valence electrons. The van der Waals surface area contributed by atoms with Crippen molar-refractivity contribution >= 4 is 5.91 Å². The molecule has 2 aromatic rings. The number of carbonyl (C=O) groups is 1. The molecule has 0 saturated carbocycles. The van der Waals surface area contributed by atoms with Crippen LogP contribution in [0.25, 0.3) is 0 Å². The van der Waals surface area contributed by atoms with Crippen LogP contribution in [-0.4, -0.2) is 63.3 Å². The number of amides is 1. The first kappa shape index (κ1) is 21.0. The second kappa shape index (κ2) is 9.27. The summed E-state index contributed by atoms with van der Waals surface area (Å²) in [5, 5.41) is 4.41. The summed E-state index contributed by atoms with van der Waals surface area (Å²) in [5.74, 6) is 0.298. The number of hydrogen-bond acceptors (Lipinski definition) is 5. The van der Waals surface area contributed by atoms with E-state index in [2.05, 4.69) is 35.0 Å². The van der Waals surface area contributed by atoms with Gasteiger partial charge in [-0.3, -0.25) is 19.4 Å². The van der Waals surface area contributed by atoms with Gasteiger partial charge in [-0.1, -0.05) is 0 Å². The number of nitrogens with zero attached hydrogens (tertiary/aromatic N) is 5. The minimum Gasteiger partial charge on any atom is -0.381 e. The number of likely N-dealkylation sites (tertiary alicyclic amines) is 1. The van der Waals surface area contributed by atoms with Crippen molar-refractivity contribution in [3.05, 3.63) is 48.0 Å². The molecule has 4 heterocycles. The second-order valence-corrected chi connectivity index (χ2v) is 8.61. The van der Waals surface area contributed by atoms with E-state index >= 15 is 0 Å². The summed E-state index contributed by atoms with van der Waals surface area (Å²) < 4.78 is 7.64. The van der Waals surface area contributed by atoms with E-state index in [1.54, 1.807) is 12.4 Å². The molecule has 1 spiro atoms. The van der Waals surface area contributed by atoms with Gasteiger partial charge in [0, 0.05) is 82.1 Å².